The molecular weight excluding hydrogens is 360 g/mol. The monoisotopic (exact) mass is 386 g/mol. The Bertz CT molecular complexity index is 786. The van der Waals surface area contributed by atoms with Gasteiger partial charge in [0.15, 0.2) is 0 Å². The van der Waals surface area contributed by atoms with Crippen LogP contribution in [0.2, 0.25) is 0 Å². The number of carbonyl (C=O) groups is 2. The van der Waals surface area contributed by atoms with Crippen molar-refractivity contribution < 1.29 is 14.3 Å². The maximum atomic E-state index is 12.7. The fraction of sp³-hybridized carbons (Fsp3) is 0.429. The fourth-order valence-electron chi connectivity index (χ4n) is 3.30. The molecule has 0 N–H and O–H groups in total. The highest BCUT2D eigenvalue weighted by atomic mass is 32.2. The average Bonchev–Trinajstić information content (AvgIpc) is 3.13. The third kappa shape index (κ3) is 4.38. The van der Waals surface area contributed by atoms with E-state index in [9.17, 15) is 9.59 Å². The van der Waals surface area contributed by atoms with Crippen LogP contribution in [0.5, 0.6) is 0 Å². The molecule has 0 saturated heterocycles. The molecule has 0 spiro atoms. The maximum Gasteiger partial charge on any atom is 0.337 e. The van der Waals surface area contributed by atoms with Gasteiger partial charge in [-0.1, -0.05) is 49.0 Å². The Balaban J connectivity index is 1.65. The van der Waals surface area contributed by atoms with Gasteiger partial charge in [-0.25, -0.2) is 4.79 Å². The van der Waals surface area contributed by atoms with Crippen molar-refractivity contribution in [2.45, 2.75) is 39.8 Å². The van der Waals surface area contributed by atoms with Crippen molar-refractivity contribution in [3.8, 4) is 0 Å². The van der Waals surface area contributed by atoms with Crippen molar-refractivity contribution in [3.63, 3.8) is 0 Å². The molecule has 144 valence electrons. The highest BCUT2D eigenvalue weighted by molar-refractivity contribution is 8.06. The maximum absolute atomic E-state index is 12.7. The summed E-state index contributed by atoms with van der Waals surface area (Å²) in [4.78, 5) is 29.0. The van der Waals surface area contributed by atoms with Gasteiger partial charge in [-0.2, -0.15) is 0 Å². The van der Waals surface area contributed by atoms with Gasteiger partial charge < -0.3 is 14.5 Å². The van der Waals surface area contributed by atoms with E-state index in [1.54, 1.807) is 4.90 Å². The Kier molecular flexibility index (Phi) is 5.95. The quantitative estimate of drug-likeness (QED) is 0.697. The van der Waals surface area contributed by atoms with E-state index >= 15 is 0 Å². The molecule has 0 radical (unpaired) electrons. The second-order valence-corrected chi connectivity index (χ2v) is 8.18. The molecule has 2 heterocycles. The van der Waals surface area contributed by atoms with Crippen LogP contribution in [0.4, 0.5) is 0 Å². The van der Waals surface area contributed by atoms with Crippen LogP contribution in [0.1, 0.15) is 32.8 Å². The summed E-state index contributed by atoms with van der Waals surface area (Å²) in [6, 6.07) is 9.96. The number of ether oxygens (including phenoxy) is 1. The number of rotatable bonds is 6. The summed E-state index contributed by atoms with van der Waals surface area (Å²) in [6.45, 7) is 7.04. The molecule has 1 aromatic rings. The van der Waals surface area contributed by atoms with Crippen molar-refractivity contribution in [2.24, 2.45) is 5.92 Å². The lowest BCUT2D eigenvalue weighted by atomic mass is 10.1. The van der Waals surface area contributed by atoms with Crippen LogP contribution in [0.3, 0.4) is 0 Å². The standard InChI is InChI=1S/C21H26N2O3S/c1-14(2)26-21(25)19-15(3)11-23-17(13-27-20(19)23)10-18(24)22(4)12-16-8-6-5-7-9-16/h5-9,13-15H,10-12H2,1-4H3. The number of amides is 1. The summed E-state index contributed by atoms with van der Waals surface area (Å²) in [5.41, 5.74) is 2.79. The fourth-order valence-corrected chi connectivity index (χ4v) is 4.49. The van der Waals surface area contributed by atoms with E-state index in [0.29, 0.717) is 19.5 Å². The van der Waals surface area contributed by atoms with Gasteiger partial charge in [0.05, 0.1) is 23.1 Å². The highest BCUT2D eigenvalue weighted by Crippen LogP contribution is 2.45. The zero-order chi connectivity index (χ0) is 19.6. The molecule has 0 aromatic heterocycles. The first-order valence-corrected chi connectivity index (χ1v) is 10.1. The third-order valence-corrected chi connectivity index (χ3v) is 5.71. The summed E-state index contributed by atoms with van der Waals surface area (Å²) in [5.74, 6) is -0.0814. The molecule has 1 aromatic carbocycles. The van der Waals surface area contributed by atoms with Gasteiger partial charge in [0.2, 0.25) is 5.91 Å². The second-order valence-electron chi connectivity index (χ2n) is 7.32. The molecule has 6 heteroatoms. The van der Waals surface area contributed by atoms with Crippen LogP contribution in [0.25, 0.3) is 0 Å². The van der Waals surface area contributed by atoms with Crippen LogP contribution >= 0.6 is 11.8 Å². The van der Waals surface area contributed by atoms with Crippen LogP contribution in [-0.4, -0.2) is 41.4 Å². The summed E-state index contributed by atoms with van der Waals surface area (Å²) in [6.07, 6.45) is 0.192. The van der Waals surface area contributed by atoms with Gasteiger partial charge in [0.25, 0.3) is 0 Å². The molecule has 5 nitrogen and oxygen atoms in total. The summed E-state index contributed by atoms with van der Waals surface area (Å²) < 4.78 is 5.40. The Hall–Kier alpha value is -2.21. The molecule has 27 heavy (non-hydrogen) atoms. The number of benzene rings is 1. The number of nitrogens with zero attached hydrogens (tertiary/aromatic N) is 2. The van der Waals surface area contributed by atoms with E-state index in [-0.39, 0.29) is 23.9 Å². The zero-order valence-electron chi connectivity index (χ0n) is 16.3. The lowest BCUT2D eigenvalue weighted by Gasteiger charge is -2.22. The van der Waals surface area contributed by atoms with E-state index in [1.165, 1.54) is 11.8 Å². The van der Waals surface area contributed by atoms with Gasteiger partial charge in [-0.3, -0.25) is 4.79 Å². The predicted molar refractivity (Wildman–Crippen MR) is 107 cm³/mol. The van der Waals surface area contributed by atoms with Gasteiger partial charge in [0.1, 0.15) is 0 Å². The molecule has 0 fully saturated rings. The minimum atomic E-state index is -0.246. The van der Waals surface area contributed by atoms with Crippen molar-refractivity contribution in [1.29, 1.82) is 0 Å². The molecule has 1 atom stereocenters. The number of esters is 1. The Morgan fingerprint density at radius 1 is 1.30 bits per heavy atom. The molecular formula is C21H26N2O3S. The molecule has 3 rings (SSSR count). The highest BCUT2D eigenvalue weighted by Gasteiger charge is 2.39. The van der Waals surface area contributed by atoms with Crippen LogP contribution in [-0.2, 0) is 20.9 Å². The van der Waals surface area contributed by atoms with E-state index in [0.717, 1.165) is 21.9 Å². The first-order chi connectivity index (χ1) is 12.9. The summed E-state index contributed by atoms with van der Waals surface area (Å²) in [5, 5.41) is 2.90. The lowest BCUT2D eigenvalue weighted by molar-refractivity contribution is -0.143. The molecule has 1 amide bonds. The van der Waals surface area contributed by atoms with E-state index in [1.807, 2.05) is 63.6 Å². The zero-order valence-corrected chi connectivity index (χ0v) is 17.1. The number of fused-ring (bicyclic) bond motifs is 1. The topological polar surface area (TPSA) is 49.9 Å². The van der Waals surface area contributed by atoms with E-state index < -0.39 is 0 Å². The molecule has 0 bridgehead atoms. The molecule has 2 aliphatic rings. The van der Waals surface area contributed by atoms with Crippen LogP contribution in [0.15, 0.2) is 52.0 Å². The minimum absolute atomic E-state index is 0.0674. The Morgan fingerprint density at radius 3 is 2.67 bits per heavy atom. The average molecular weight is 387 g/mol. The Morgan fingerprint density at radius 2 is 2.00 bits per heavy atom. The van der Waals surface area contributed by atoms with Crippen molar-refractivity contribution in [2.75, 3.05) is 13.6 Å². The van der Waals surface area contributed by atoms with E-state index in [4.69, 9.17) is 4.74 Å². The van der Waals surface area contributed by atoms with Crippen LogP contribution < -0.4 is 0 Å². The second kappa shape index (κ2) is 8.21. The third-order valence-electron chi connectivity index (χ3n) is 4.66. The first kappa shape index (κ1) is 19.5. The number of hydrogen-bond donors (Lipinski definition) is 0. The lowest BCUT2D eigenvalue weighted by Crippen LogP contribution is -2.28. The van der Waals surface area contributed by atoms with Gasteiger partial charge >= 0.3 is 5.97 Å². The van der Waals surface area contributed by atoms with Crippen molar-refractivity contribution in [3.05, 3.63) is 57.6 Å². The Labute approximate surface area is 165 Å². The van der Waals surface area contributed by atoms with Crippen molar-refractivity contribution in [1.82, 2.24) is 9.80 Å². The smallest absolute Gasteiger partial charge is 0.337 e. The van der Waals surface area contributed by atoms with Crippen LogP contribution in [0, 0.1) is 5.92 Å². The molecule has 0 aliphatic carbocycles. The molecule has 1 unspecified atom stereocenters. The molecule has 2 aliphatic heterocycles. The van der Waals surface area contributed by atoms with Gasteiger partial charge in [-0.05, 0) is 24.8 Å². The summed E-state index contributed by atoms with van der Waals surface area (Å²) >= 11 is 1.52. The normalized spacial score (nSPS) is 18.6. The number of carbonyl (C=O) groups excluding carboxylic acids is 2. The molecule has 0 saturated carbocycles. The minimum Gasteiger partial charge on any atom is -0.460 e. The predicted octanol–water partition coefficient (Wildman–Crippen LogP) is 3.74. The largest absolute Gasteiger partial charge is 0.460 e. The van der Waals surface area contributed by atoms with Gasteiger partial charge in [0, 0.05) is 31.8 Å². The van der Waals surface area contributed by atoms with Crippen molar-refractivity contribution >= 4 is 23.6 Å². The number of thioether (sulfide) groups is 1. The number of hydrogen-bond acceptors (Lipinski definition) is 5. The van der Waals surface area contributed by atoms with E-state index in [2.05, 4.69) is 4.90 Å². The first-order valence-electron chi connectivity index (χ1n) is 9.23. The summed E-state index contributed by atoms with van der Waals surface area (Å²) in [7, 11) is 1.83. The van der Waals surface area contributed by atoms with Gasteiger partial charge in [-0.15, -0.1) is 0 Å². The SMILES string of the molecule is CC(C)OC(=O)C1=C2SC=C(CC(=O)N(C)Cc3ccccc3)N2CC1C.